The SMILES string of the molecule is C=C/C=C\C.CC.CC.CCCC. The molecule has 0 aliphatic rings. The Morgan fingerprint density at radius 2 is 1.23 bits per heavy atom. The van der Waals surface area contributed by atoms with E-state index >= 15 is 0 Å². The standard InChI is InChI=1S/C5H8.C4H10.2C2H6/c1-3-5-4-2;1-3-4-2;2*1-2/h3-5H,1H2,2H3;3-4H2,1-2H3;2*1-2H3/b5-4-;;;. The summed E-state index contributed by atoms with van der Waals surface area (Å²) in [6, 6.07) is 0. The third-order valence-electron chi connectivity index (χ3n) is 0.829. The molecule has 82 valence electrons. The fraction of sp³-hybridized carbons (Fsp3) is 0.692. The second-order valence-electron chi connectivity index (χ2n) is 1.76. The van der Waals surface area contributed by atoms with E-state index in [1.165, 1.54) is 12.8 Å². The van der Waals surface area contributed by atoms with Crippen LogP contribution in [0.2, 0.25) is 0 Å². The average molecular weight is 186 g/mol. The van der Waals surface area contributed by atoms with Gasteiger partial charge in [-0.2, -0.15) is 0 Å². The van der Waals surface area contributed by atoms with Crippen LogP contribution in [0.1, 0.15) is 61.3 Å². The minimum atomic E-state index is 1.32. The van der Waals surface area contributed by atoms with Crippen molar-refractivity contribution in [3.05, 3.63) is 24.8 Å². The topological polar surface area (TPSA) is 0 Å². The highest BCUT2D eigenvalue weighted by atomic mass is 13.6. The van der Waals surface area contributed by atoms with E-state index in [9.17, 15) is 0 Å². The minimum absolute atomic E-state index is 1.32. The quantitative estimate of drug-likeness (QED) is 0.492. The van der Waals surface area contributed by atoms with E-state index < -0.39 is 0 Å². The maximum absolute atomic E-state index is 3.46. The lowest BCUT2D eigenvalue weighted by molar-refractivity contribution is 0.886. The van der Waals surface area contributed by atoms with E-state index in [0.29, 0.717) is 0 Å². The third kappa shape index (κ3) is 168. The number of unbranched alkanes of at least 4 members (excludes halogenated alkanes) is 1. The van der Waals surface area contributed by atoms with E-state index in [-0.39, 0.29) is 0 Å². The van der Waals surface area contributed by atoms with Gasteiger partial charge in [0.2, 0.25) is 0 Å². The molecule has 0 bridgehead atoms. The van der Waals surface area contributed by atoms with Crippen LogP contribution in [0.4, 0.5) is 0 Å². The van der Waals surface area contributed by atoms with Crippen molar-refractivity contribution in [2.24, 2.45) is 0 Å². The van der Waals surface area contributed by atoms with E-state index in [0.717, 1.165) is 0 Å². The minimum Gasteiger partial charge on any atom is -0.0991 e. The van der Waals surface area contributed by atoms with Gasteiger partial charge in [0.1, 0.15) is 0 Å². The molecule has 0 aliphatic heterocycles. The zero-order chi connectivity index (χ0) is 11.5. The van der Waals surface area contributed by atoms with E-state index in [1.807, 2.05) is 46.8 Å². The van der Waals surface area contributed by atoms with Crippen molar-refractivity contribution in [3.8, 4) is 0 Å². The second kappa shape index (κ2) is 62.8. The van der Waals surface area contributed by atoms with Gasteiger partial charge in [-0.3, -0.25) is 0 Å². The van der Waals surface area contributed by atoms with Crippen molar-refractivity contribution in [2.75, 3.05) is 0 Å². The summed E-state index contributed by atoms with van der Waals surface area (Å²) in [5, 5.41) is 0. The molecule has 0 aromatic rings. The first-order chi connectivity index (χ1) is 6.33. The Hall–Kier alpha value is -0.520. The van der Waals surface area contributed by atoms with Crippen molar-refractivity contribution in [1.82, 2.24) is 0 Å². The lowest BCUT2D eigenvalue weighted by Crippen LogP contribution is -1.47. The summed E-state index contributed by atoms with van der Waals surface area (Å²) < 4.78 is 0. The van der Waals surface area contributed by atoms with Crippen LogP contribution < -0.4 is 0 Å². The molecule has 0 unspecified atom stereocenters. The van der Waals surface area contributed by atoms with Gasteiger partial charge in [0.15, 0.2) is 0 Å². The Balaban J connectivity index is -0.0000000457. The summed E-state index contributed by atoms with van der Waals surface area (Å²) in [6.45, 7) is 17.8. The van der Waals surface area contributed by atoms with Crippen LogP contribution in [0.25, 0.3) is 0 Å². The summed E-state index contributed by atoms with van der Waals surface area (Å²) in [5.74, 6) is 0. The fourth-order valence-corrected chi connectivity index (χ4v) is 0.136. The Morgan fingerprint density at radius 1 is 0.923 bits per heavy atom. The van der Waals surface area contributed by atoms with Crippen molar-refractivity contribution in [1.29, 1.82) is 0 Å². The van der Waals surface area contributed by atoms with Crippen molar-refractivity contribution in [2.45, 2.75) is 61.3 Å². The number of rotatable bonds is 2. The highest BCUT2D eigenvalue weighted by Gasteiger charge is 1.56. The first-order valence-corrected chi connectivity index (χ1v) is 5.57. The maximum Gasteiger partial charge on any atom is -0.0467 e. The summed E-state index contributed by atoms with van der Waals surface area (Å²) in [7, 11) is 0. The van der Waals surface area contributed by atoms with Gasteiger partial charge < -0.3 is 0 Å². The molecular formula is C13H30. The van der Waals surface area contributed by atoms with Crippen LogP contribution in [-0.2, 0) is 0 Å². The van der Waals surface area contributed by atoms with E-state index in [4.69, 9.17) is 0 Å². The predicted molar refractivity (Wildman–Crippen MR) is 68.3 cm³/mol. The molecule has 13 heavy (non-hydrogen) atoms. The molecule has 0 aromatic heterocycles. The van der Waals surface area contributed by atoms with E-state index in [1.54, 1.807) is 6.08 Å². The van der Waals surface area contributed by atoms with Gasteiger partial charge >= 0.3 is 0 Å². The highest BCUT2D eigenvalue weighted by molar-refractivity contribution is 4.94. The van der Waals surface area contributed by atoms with Crippen molar-refractivity contribution in [3.63, 3.8) is 0 Å². The molecular weight excluding hydrogens is 156 g/mol. The molecule has 0 heteroatoms. The highest BCUT2D eigenvalue weighted by Crippen LogP contribution is 1.76. The Morgan fingerprint density at radius 3 is 1.23 bits per heavy atom. The smallest absolute Gasteiger partial charge is 0.0467 e. The molecule has 0 heterocycles. The van der Waals surface area contributed by atoms with Gasteiger partial charge in [0.25, 0.3) is 0 Å². The van der Waals surface area contributed by atoms with Gasteiger partial charge in [-0.25, -0.2) is 0 Å². The molecule has 0 rings (SSSR count). The molecule has 0 nitrogen and oxygen atoms in total. The van der Waals surface area contributed by atoms with Gasteiger partial charge in [-0.1, -0.05) is 79.2 Å². The molecule has 0 spiro atoms. The first kappa shape index (κ1) is 22.9. The zero-order valence-corrected chi connectivity index (χ0v) is 10.9. The average Bonchev–Trinajstić information content (AvgIpc) is 2.25. The number of hydrogen-bond acceptors (Lipinski definition) is 0. The van der Waals surface area contributed by atoms with Crippen molar-refractivity contribution < 1.29 is 0 Å². The van der Waals surface area contributed by atoms with Crippen LogP contribution in [0.3, 0.4) is 0 Å². The molecule has 0 fully saturated rings. The van der Waals surface area contributed by atoms with Crippen LogP contribution in [0.15, 0.2) is 24.8 Å². The molecule has 0 atom stereocenters. The van der Waals surface area contributed by atoms with Crippen LogP contribution in [0.5, 0.6) is 0 Å². The predicted octanol–water partition coefficient (Wildman–Crippen LogP) is 5.61. The normalized spacial score (nSPS) is 6.69. The lowest BCUT2D eigenvalue weighted by atomic mass is 10.4. The van der Waals surface area contributed by atoms with Crippen LogP contribution >= 0.6 is 0 Å². The molecule has 0 saturated heterocycles. The largest absolute Gasteiger partial charge is 0.0991 e. The van der Waals surface area contributed by atoms with Gasteiger partial charge in [0, 0.05) is 0 Å². The number of hydrogen-bond donors (Lipinski definition) is 0. The van der Waals surface area contributed by atoms with Gasteiger partial charge in [-0.15, -0.1) is 0 Å². The first-order valence-electron chi connectivity index (χ1n) is 5.57. The Labute approximate surface area is 86.8 Å². The molecule has 0 aromatic carbocycles. The molecule has 0 radical (unpaired) electrons. The Bertz CT molecular complexity index is 58.4. The zero-order valence-electron chi connectivity index (χ0n) is 10.9. The maximum atomic E-state index is 3.46. The third-order valence-corrected chi connectivity index (χ3v) is 0.829. The van der Waals surface area contributed by atoms with Gasteiger partial charge in [-0.05, 0) is 6.92 Å². The summed E-state index contributed by atoms with van der Waals surface area (Å²) in [6.07, 6.45) is 8.22. The van der Waals surface area contributed by atoms with Crippen LogP contribution in [0, 0.1) is 0 Å². The summed E-state index contributed by atoms with van der Waals surface area (Å²) >= 11 is 0. The van der Waals surface area contributed by atoms with Gasteiger partial charge in [0.05, 0.1) is 0 Å². The van der Waals surface area contributed by atoms with Crippen LogP contribution in [-0.4, -0.2) is 0 Å². The molecule has 0 saturated carbocycles. The lowest BCUT2D eigenvalue weighted by Gasteiger charge is -1.68. The molecule has 0 amide bonds. The number of allylic oxidation sites excluding steroid dienone is 3. The Kier molecular flexibility index (Phi) is 111. The second-order valence-corrected chi connectivity index (χ2v) is 1.76. The van der Waals surface area contributed by atoms with Crippen molar-refractivity contribution >= 4 is 0 Å². The fourth-order valence-electron chi connectivity index (χ4n) is 0.136. The summed E-state index contributed by atoms with van der Waals surface area (Å²) in [5.41, 5.74) is 0. The monoisotopic (exact) mass is 186 g/mol. The summed E-state index contributed by atoms with van der Waals surface area (Å²) in [4.78, 5) is 0. The molecule has 0 N–H and O–H groups in total. The molecule has 0 aliphatic carbocycles. The van der Waals surface area contributed by atoms with E-state index in [2.05, 4.69) is 20.4 Å².